The number of methoxy groups -OCH3 is 2. The van der Waals surface area contributed by atoms with Gasteiger partial charge in [0.2, 0.25) is 0 Å². The Morgan fingerprint density at radius 2 is 1.81 bits per heavy atom. The maximum atomic E-state index is 15.6. The lowest BCUT2D eigenvalue weighted by molar-refractivity contribution is -0.135. The van der Waals surface area contributed by atoms with Gasteiger partial charge in [0.25, 0.3) is 5.91 Å². The van der Waals surface area contributed by atoms with E-state index in [0.717, 1.165) is 11.0 Å². The quantitative estimate of drug-likeness (QED) is 0.282. The zero-order valence-electron chi connectivity index (χ0n) is 24.7. The Bertz CT molecular complexity index is 1350. The van der Waals surface area contributed by atoms with Gasteiger partial charge in [-0.1, -0.05) is 0 Å². The fourth-order valence-electron chi connectivity index (χ4n) is 4.18. The summed E-state index contributed by atoms with van der Waals surface area (Å²) >= 11 is 0. The van der Waals surface area contributed by atoms with Crippen LogP contribution in [0.15, 0.2) is 53.7 Å². The van der Waals surface area contributed by atoms with Crippen LogP contribution in [-0.2, 0) is 23.8 Å². The number of rotatable bonds is 11. The van der Waals surface area contributed by atoms with E-state index in [1.807, 2.05) is 0 Å². The van der Waals surface area contributed by atoms with Crippen molar-refractivity contribution in [2.24, 2.45) is 0 Å². The molecule has 0 radical (unpaired) electrons. The number of hydrogen-bond acceptors (Lipinski definition) is 9. The Kier molecular flexibility index (Phi) is 10.6. The summed E-state index contributed by atoms with van der Waals surface area (Å²) in [5.41, 5.74) is -0.355. The Hall–Kier alpha value is -4.45. The smallest absolute Gasteiger partial charge is 0.414 e. The van der Waals surface area contributed by atoms with Crippen molar-refractivity contribution < 1.29 is 37.7 Å². The van der Waals surface area contributed by atoms with Crippen LogP contribution in [0, 0.1) is 11.2 Å². The van der Waals surface area contributed by atoms with Crippen LogP contribution < -0.4 is 19.9 Å². The van der Waals surface area contributed by atoms with Crippen LogP contribution in [0.3, 0.4) is 0 Å². The third-order valence-electron chi connectivity index (χ3n) is 6.15. The van der Waals surface area contributed by atoms with E-state index in [-0.39, 0.29) is 55.4 Å². The molecule has 0 aromatic heterocycles. The molecular weight excluding hydrogens is 547 g/mol. The predicted molar refractivity (Wildman–Crippen MR) is 157 cm³/mol. The molecule has 0 bridgehead atoms. The summed E-state index contributed by atoms with van der Waals surface area (Å²) < 4.78 is 36.3. The van der Waals surface area contributed by atoms with Gasteiger partial charge in [-0.05, 0) is 76.6 Å². The maximum absolute atomic E-state index is 15.6. The van der Waals surface area contributed by atoms with E-state index in [2.05, 4.69) is 5.32 Å². The van der Waals surface area contributed by atoms with Crippen molar-refractivity contribution in [2.45, 2.75) is 39.7 Å². The molecule has 0 atom stereocenters. The van der Waals surface area contributed by atoms with Gasteiger partial charge >= 0.3 is 12.1 Å². The Morgan fingerprint density at radius 1 is 1.12 bits per heavy atom. The second kappa shape index (κ2) is 13.9. The highest BCUT2D eigenvalue weighted by molar-refractivity contribution is 6.43. The van der Waals surface area contributed by atoms with Crippen LogP contribution in [0.2, 0.25) is 0 Å². The molecule has 0 fully saturated rings. The maximum Gasteiger partial charge on any atom is 0.414 e. The van der Waals surface area contributed by atoms with Crippen LogP contribution in [0.4, 0.5) is 26.2 Å². The van der Waals surface area contributed by atoms with Crippen molar-refractivity contribution in [3.8, 4) is 5.75 Å². The predicted octanol–water partition coefficient (Wildman–Crippen LogP) is 4.91. The van der Waals surface area contributed by atoms with Gasteiger partial charge in [-0.3, -0.25) is 15.1 Å². The Morgan fingerprint density at radius 3 is 2.38 bits per heavy atom. The fourth-order valence-corrected chi connectivity index (χ4v) is 4.18. The molecular formula is C30H37FN4O7. The molecule has 2 aromatic rings. The topological polar surface area (TPSA) is 130 Å². The first-order valence-corrected chi connectivity index (χ1v) is 13.4. The molecule has 11 nitrogen and oxygen atoms in total. The van der Waals surface area contributed by atoms with E-state index in [4.69, 9.17) is 24.4 Å². The summed E-state index contributed by atoms with van der Waals surface area (Å²) in [6.07, 6.45) is -0.611. The van der Waals surface area contributed by atoms with Crippen molar-refractivity contribution in [1.82, 2.24) is 0 Å². The highest BCUT2D eigenvalue weighted by Gasteiger charge is 2.33. The van der Waals surface area contributed by atoms with E-state index >= 15 is 4.39 Å². The Labute approximate surface area is 244 Å². The molecule has 0 saturated carbocycles. The SMILES string of the molecule is CCOC(=O)C(=N)C1=C(Nc2ccc(OC)cc2)C(=O)N(c2ccc(N(CCOC)C(=O)OC(C)(C)C)c(F)c2)CC1. The molecule has 2 aromatic carbocycles. The van der Waals surface area contributed by atoms with Crippen LogP contribution >= 0.6 is 0 Å². The van der Waals surface area contributed by atoms with E-state index < -0.39 is 35.1 Å². The molecule has 0 saturated heterocycles. The highest BCUT2D eigenvalue weighted by atomic mass is 19.1. The van der Waals surface area contributed by atoms with Crippen molar-refractivity contribution in [1.29, 1.82) is 5.41 Å². The van der Waals surface area contributed by atoms with E-state index in [0.29, 0.717) is 11.4 Å². The molecule has 2 amide bonds. The van der Waals surface area contributed by atoms with Gasteiger partial charge in [-0.2, -0.15) is 0 Å². The van der Waals surface area contributed by atoms with Crippen LogP contribution in [0.25, 0.3) is 0 Å². The number of benzene rings is 2. The first-order chi connectivity index (χ1) is 19.9. The number of amides is 2. The molecule has 42 heavy (non-hydrogen) atoms. The number of hydrogen-bond donors (Lipinski definition) is 2. The van der Waals surface area contributed by atoms with Gasteiger partial charge < -0.3 is 29.2 Å². The molecule has 12 heteroatoms. The van der Waals surface area contributed by atoms with E-state index in [1.165, 1.54) is 31.3 Å². The molecule has 2 N–H and O–H groups in total. The average molecular weight is 585 g/mol. The first-order valence-electron chi connectivity index (χ1n) is 13.4. The lowest BCUT2D eigenvalue weighted by Crippen LogP contribution is -2.42. The van der Waals surface area contributed by atoms with E-state index in [9.17, 15) is 14.4 Å². The number of ether oxygens (including phenoxy) is 4. The van der Waals surface area contributed by atoms with Crippen LogP contribution in [0.1, 0.15) is 34.1 Å². The van der Waals surface area contributed by atoms with Crippen molar-refractivity contribution >= 4 is 40.7 Å². The largest absolute Gasteiger partial charge is 0.497 e. The zero-order chi connectivity index (χ0) is 31.0. The number of anilines is 3. The number of nitrogens with zero attached hydrogens (tertiary/aromatic N) is 2. The molecule has 3 rings (SSSR count). The second-order valence-corrected chi connectivity index (χ2v) is 10.3. The number of carbonyl (C=O) groups excluding carboxylic acids is 3. The average Bonchev–Trinajstić information content (AvgIpc) is 2.94. The minimum absolute atomic E-state index is 0.00979. The van der Waals surface area contributed by atoms with Crippen LogP contribution in [-0.4, -0.2) is 69.8 Å². The van der Waals surface area contributed by atoms with Gasteiger partial charge in [-0.25, -0.2) is 14.0 Å². The monoisotopic (exact) mass is 584 g/mol. The van der Waals surface area contributed by atoms with Crippen molar-refractivity contribution in [2.75, 3.05) is 55.6 Å². The van der Waals surface area contributed by atoms with Gasteiger partial charge in [0, 0.05) is 30.6 Å². The fraction of sp³-hybridized carbons (Fsp3) is 0.400. The molecule has 1 aliphatic heterocycles. The number of nitrogens with one attached hydrogen (secondary N) is 2. The normalized spacial score (nSPS) is 13.5. The Balaban J connectivity index is 1.97. The summed E-state index contributed by atoms with van der Waals surface area (Å²) in [6, 6.07) is 10.8. The lowest BCUT2D eigenvalue weighted by Gasteiger charge is -2.32. The van der Waals surface area contributed by atoms with Crippen LogP contribution in [0.5, 0.6) is 5.75 Å². The molecule has 1 heterocycles. The second-order valence-electron chi connectivity index (χ2n) is 10.3. The van der Waals surface area contributed by atoms with Gasteiger partial charge in [0.05, 0.1) is 32.6 Å². The molecule has 0 aliphatic carbocycles. The molecule has 1 aliphatic rings. The number of halogens is 1. The summed E-state index contributed by atoms with van der Waals surface area (Å²) in [7, 11) is 3.00. The minimum atomic E-state index is -0.850. The lowest BCUT2D eigenvalue weighted by atomic mass is 9.98. The number of carbonyl (C=O) groups is 3. The number of esters is 1. The zero-order valence-corrected chi connectivity index (χ0v) is 24.7. The summed E-state index contributed by atoms with van der Waals surface area (Å²) in [5.74, 6) is -1.57. The minimum Gasteiger partial charge on any atom is -0.497 e. The van der Waals surface area contributed by atoms with Gasteiger partial charge in [0.1, 0.15) is 28.6 Å². The van der Waals surface area contributed by atoms with E-state index in [1.54, 1.807) is 52.0 Å². The van der Waals surface area contributed by atoms with Gasteiger partial charge in [-0.15, -0.1) is 0 Å². The molecule has 0 spiro atoms. The summed E-state index contributed by atoms with van der Waals surface area (Å²) in [5, 5.41) is 11.4. The summed E-state index contributed by atoms with van der Waals surface area (Å²) in [6.45, 7) is 7.09. The standard InChI is InChI=1S/C30H37FN4O7/c1-7-41-28(37)25(32)22-14-15-34(27(36)26(22)33-19-8-11-21(40-6)12-9-19)20-10-13-24(23(31)18-20)35(16-17-39-5)29(38)42-30(2,3)4/h8-13,18,32-33H,7,14-17H2,1-6H3. The van der Waals surface area contributed by atoms with Crippen molar-refractivity contribution in [3.05, 3.63) is 59.6 Å². The third kappa shape index (κ3) is 7.84. The van der Waals surface area contributed by atoms with Gasteiger partial charge in [0.15, 0.2) is 0 Å². The molecule has 226 valence electrons. The first kappa shape index (κ1) is 32.1. The summed E-state index contributed by atoms with van der Waals surface area (Å²) in [4.78, 5) is 41.5. The highest BCUT2D eigenvalue weighted by Crippen LogP contribution is 2.31. The molecule has 0 unspecified atom stereocenters. The van der Waals surface area contributed by atoms with Crippen molar-refractivity contribution in [3.63, 3.8) is 0 Å². The third-order valence-corrected chi connectivity index (χ3v) is 6.15.